The van der Waals surface area contributed by atoms with Crippen LogP contribution in [0.5, 0.6) is 0 Å². The van der Waals surface area contributed by atoms with E-state index in [2.05, 4.69) is 27.3 Å². The maximum atomic E-state index is 13.2. The number of amides is 1. The van der Waals surface area contributed by atoms with Crippen molar-refractivity contribution >= 4 is 29.0 Å². The van der Waals surface area contributed by atoms with Crippen LogP contribution in [0.15, 0.2) is 71.4 Å². The van der Waals surface area contributed by atoms with Crippen molar-refractivity contribution < 1.29 is 4.79 Å². The summed E-state index contributed by atoms with van der Waals surface area (Å²) in [7, 11) is 0. The molecule has 5 rings (SSSR count). The first-order valence-electron chi connectivity index (χ1n) is 14.3. The number of carbonyl (C=O) groups excluding carboxylic acids is 1. The van der Waals surface area contributed by atoms with Gasteiger partial charge in [0.2, 0.25) is 0 Å². The summed E-state index contributed by atoms with van der Waals surface area (Å²) in [5.74, 6) is 1.03. The highest BCUT2D eigenvalue weighted by Gasteiger charge is 2.28. The van der Waals surface area contributed by atoms with E-state index in [1.54, 1.807) is 0 Å². The van der Waals surface area contributed by atoms with Gasteiger partial charge in [0.15, 0.2) is 0 Å². The molecule has 4 heterocycles. The lowest BCUT2D eigenvalue weighted by atomic mass is 10.0. The van der Waals surface area contributed by atoms with Gasteiger partial charge in [-0.3, -0.25) is 4.79 Å². The number of hydrogen-bond acceptors (Lipinski definition) is 5. The van der Waals surface area contributed by atoms with Gasteiger partial charge in [0.1, 0.15) is 5.82 Å². The molecule has 0 aliphatic carbocycles. The van der Waals surface area contributed by atoms with Gasteiger partial charge >= 0.3 is 0 Å². The zero-order valence-corrected chi connectivity index (χ0v) is 24.0. The van der Waals surface area contributed by atoms with Gasteiger partial charge < -0.3 is 20.0 Å². The molecular weight excluding hydrogens is 506 g/mol. The minimum Gasteiger partial charge on any atom is -0.367 e. The first kappa shape index (κ1) is 27.5. The minimum atomic E-state index is 0.140. The lowest BCUT2D eigenvalue weighted by Crippen LogP contribution is -2.45. The molecule has 2 fully saturated rings. The molecule has 6 nitrogen and oxygen atoms in total. The molecule has 206 valence electrons. The third-order valence-electron chi connectivity index (χ3n) is 8.17. The third kappa shape index (κ3) is 6.39. The van der Waals surface area contributed by atoms with Gasteiger partial charge in [0, 0.05) is 61.1 Å². The van der Waals surface area contributed by atoms with Crippen LogP contribution in [0.3, 0.4) is 0 Å². The Balaban J connectivity index is 1.28. The van der Waals surface area contributed by atoms with Crippen LogP contribution >= 0.6 is 11.6 Å². The number of nitrogens with zero attached hydrogens (tertiary/aromatic N) is 4. The molecule has 0 radical (unpaired) electrons. The monoisotopic (exact) mass is 545 g/mol. The predicted octanol–water partition coefficient (Wildman–Crippen LogP) is 6.33. The number of halogens is 1. The average Bonchev–Trinajstić information content (AvgIpc) is 3.54. The van der Waals surface area contributed by atoms with Crippen molar-refractivity contribution in [1.82, 2.24) is 14.8 Å². The van der Waals surface area contributed by atoms with E-state index < -0.39 is 0 Å². The molecule has 1 amide bonds. The second kappa shape index (κ2) is 12.8. The molecule has 39 heavy (non-hydrogen) atoms. The summed E-state index contributed by atoms with van der Waals surface area (Å²) in [4.78, 5) is 24.9. The molecule has 0 unspecified atom stereocenters. The van der Waals surface area contributed by atoms with E-state index >= 15 is 0 Å². The maximum absolute atomic E-state index is 13.2. The van der Waals surface area contributed by atoms with Crippen molar-refractivity contribution in [1.29, 1.82) is 0 Å². The van der Waals surface area contributed by atoms with Crippen molar-refractivity contribution in [2.75, 3.05) is 56.0 Å². The van der Waals surface area contributed by atoms with Crippen LogP contribution < -0.4 is 10.2 Å². The van der Waals surface area contributed by atoms with Gasteiger partial charge in [0.05, 0.1) is 5.69 Å². The molecule has 1 N–H and O–H groups in total. The number of fused-ring (bicyclic) bond motifs is 1. The highest BCUT2D eigenvalue weighted by atomic mass is 35.5. The van der Waals surface area contributed by atoms with Crippen LogP contribution in [-0.2, 0) is 0 Å². The minimum absolute atomic E-state index is 0.140. The Morgan fingerprint density at radius 2 is 1.79 bits per heavy atom. The SMILES string of the molecule is C\C=C/C=C(CN1CCNc2ncc(-c3ccc(C(=O)N4CCC(N5CCCC5)CC4)cc3)cc21)\C(Cl)=C\C. The molecule has 3 aliphatic rings. The normalized spacial score (nSPS) is 19.5. The molecule has 0 spiro atoms. The standard InChI is InChI=1S/C32H40ClN5O/c1-3-5-8-26(29(33)4-2)23-38-20-15-34-31-30(38)21-27(22-35-31)24-9-11-25(12-10-24)32(39)37-18-13-28(14-19-37)36-16-6-7-17-36/h3-5,8-12,21-22,28H,6-7,13-20,23H2,1-2H3,(H,34,35)/b5-3-,26-8-,29-4-. The summed E-state index contributed by atoms with van der Waals surface area (Å²) in [6, 6.07) is 10.8. The van der Waals surface area contributed by atoms with Crippen molar-refractivity contribution in [3.05, 3.63) is 77.0 Å². The van der Waals surface area contributed by atoms with Gasteiger partial charge in [0.25, 0.3) is 5.91 Å². The molecule has 0 bridgehead atoms. The third-order valence-corrected chi connectivity index (χ3v) is 8.63. The molecule has 0 saturated carbocycles. The summed E-state index contributed by atoms with van der Waals surface area (Å²) in [5, 5.41) is 4.19. The molecule has 7 heteroatoms. The lowest BCUT2D eigenvalue weighted by molar-refractivity contribution is 0.0644. The summed E-state index contributed by atoms with van der Waals surface area (Å²) in [6.07, 6.45) is 14.8. The number of benzene rings is 1. The van der Waals surface area contributed by atoms with E-state index in [0.717, 1.165) is 77.8 Å². The molecule has 0 atom stereocenters. The predicted molar refractivity (Wildman–Crippen MR) is 163 cm³/mol. The quantitative estimate of drug-likeness (QED) is 0.412. The first-order valence-corrected chi connectivity index (χ1v) is 14.7. The van der Waals surface area contributed by atoms with E-state index in [1.165, 1.54) is 25.9 Å². The maximum Gasteiger partial charge on any atom is 0.253 e. The zero-order chi connectivity index (χ0) is 27.2. The molecular formula is C32H40ClN5O. The van der Waals surface area contributed by atoms with Crippen LogP contribution in [0.2, 0.25) is 0 Å². The van der Waals surface area contributed by atoms with Crippen molar-refractivity contribution in [3.8, 4) is 11.1 Å². The van der Waals surface area contributed by atoms with Crippen molar-refractivity contribution in [3.63, 3.8) is 0 Å². The summed E-state index contributed by atoms with van der Waals surface area (Å²) in [6.45, 7) is 10.5. The second-order valence-corrected chi connectivity index (χ2v) is 11.0. The zero-order valence-electron chi connectivity index (χ0n) is 23.2. The Morgan fingerprint density at radius 3 is 2.49 bits per heavy atom. The van der Waals surface area contributed by atoms with Gasteiger partial charge in [-0.25, -0.2) is 4.98 Å². The number of piperidine rings is 1. The Labute approximate surface area is 238 Å². The van der Waals surface area contributed by atoms with Crippen LogP contribution in [0.1, 0.15) is 49.9 Å². The van der Waals surface area contributed by atoms with E-state index in [-0.39, 0.29) is 5.91 Å². The average molecular weight is 546 g/mol. The summed E-state index contributed by atoms with van der Waals surface area (Å²) >= 11 is 6.54. The second-order valence-electron chi connectivity index (χ2n) is 10.6. The Bertz CT molecular complexity index is 1240. The van der Waals surface area contributed by atoms with Crippen LogP contribution in [0.4, 0.5) is 11.5 Å². The molecule has 1 aromatic carbocycles. The summed E-state index contributed by atoms with van der Waals surface area (Å²) < 4.78 is 0. The number of allylic oxidation sites excluding steroid dienone is 4. The van der Waals surface area contributed by atoms with E-state index in [9.17, 15) is 4.79 Å². The van der Waals surface area contributed by atoms with Crippen molar-refractivity contribution in [2.24, 2.45) is 0 Å². The number of anilines is 2. The summed E-state index contributed by atoms with van der Waals surface area (Å²) in [5.41, 5.74) is 4.97. The van der Waals surface area contributed by atoms with E-state index in [0.29, 0.717) is 12.6 Å². The Hall–Kier alpha value is -3.09. The van der Waals surface area contributed by atoms with Gasteiger partial charge in [-0.15, -0.1) is 0 Å². The first-order chi connectivity index (χ1) is 19.1. The van der Waals surface area contributed by atoms with Crippen LogP contribution in [0.25, 0.3) is 11.1 Å². The fourth-order valence-electron chi connectivity index (χ4n) is 5.92. The number of carbonyl (C=O) groups is 1. The van der Waals surface area contributed by atoms with Crippen LogP contribution in [-0.4, -0.2) is 72.5 Å². The number of rotatable bonds is 7. The molecule has 2 saturated heterocycles. The fraction of sp³-hybridized carbons (Fsp3) is 0.438. The van der Waals surface area contributed by atoms with E-state index in [1.807, 2.05) is 67.4 Å². The van der Waals surface area contributed by atoms with Gasteiger partial charge in [-0.2, -0.15) is 0 Å². The number of hydrogen-bond donors (Lipinski definition) is 1. The lowest BCUT2D eigenvalue weighted by Gasteiger charge is -2.36. The fourth-order valence-corrected chi connectivity index (χ4v) is 6.04. The smallest absolute Gasteiger partial charge is 0.253 e. The Morgan fingerprint density at radius 1 is 1.05 bits per heavy atom. The Kier molecular flexibility index (Phi) is 9.05. The van der Waals surface area contributed by atoms with Gasteiger partial charge in [-0.1, -0.05) is 48.0 Å². The number of pyridine rings is 1. The highest BCUT2D eigenvalue weighted by molar-refractivity contribution is 6.32. The highest BCUT2D eigenvalue weighted by Crippen LogP contribution is 2.33. The topological polar surface area (TPSA) is 51.7 Å². The molecule has 1 aromatic heterocycles. The largest absolute Gasteiger partial charge is 0.367 e. The van der Waals surface area contributed by atoms with Crippen LogP contribution in [0, 0.1) is 0 Å². The number of likely N-dealkylation sites (tertiary alicyclic amines) is 2. The number of aromatic nitrogens is 1. The van der Waals surface area contributed by atoms with E-state index in [4.69, 9.17) is 16.6 Å². The molecule has 3 aliphatic heterocycles. The van der Waals surface area contributed by atoms with Crippen molar-refractivity contribution in [2.45, 2.75) is 45.6 Å². The number of nitrogens with one attached hydrogen (secondary N) is 1. The van der Waals surface area contributed by atoms with Gasteiger partial charge in [-0.05, 0) is 82.0 Å². The molecule has 2 aromatic rings.